The second-order valence-electron chi connectivity index (χ2n) is 10.1. The van der Waals surface area contributed by atoms with Crippen molar-refractivity contribution in [3.05, 3.63) is 41.0 Å². The van der Waals surface area contributed by atoms with Crippen LogP contribution in [0.25, 0.3) is 5.70 Å². The van der Waals surface area contributed by atoms with Gasteiger partial charge in [-0.15, -0.1) is 0 Å². The highest BCUT2D eigenvalue weighted by Gasteiger charge is 2.39. The summed E-state index contributed by atoms with van der Waals surface area (Å²) in [7, 11) is 0. The van der Waals surface area contributed by atoms with Gasteiger partial charge in [0.15, 0.2) is 0 Å². The van der Waals surface area contributed by atoms with Crippen molar-refractivity contribution in [3.63, 3.8) is 0 Å². The second-order valence-corrected chi connectivity index (χ2v) is 10.1. The normalized spacial score (nSPS) is 14.6. The molecule has 0 saturated carbocycles. The Morgan fingerprint density at radius 3 is 2.26 bits per heavy atom. The number of unbranched alkanes of at least 4 members (excludes halogenated alkanes) is 2. The van der Waals surface area contributed by atoms with E-state index in [1.165, 1.54) is 18.2 Å². The zero-order valence-corrected chi connectivity index (χ0v) is 22.6. The van der Waals surface area contributed by atoms with Crippen molar-refractivity contribution in [3.8, 4) is 0 Å². The van der Waals surface area contributed by atoms with Crippen LogP contribution in [0, 0.1) is 17.2 Å². The van der Waals surface area contributed by atoms with Crippen molar-refractivity contribution in [1.82, 2.24) is 4.90 Å². The van der Waals surface area contributed by atoms with Crippen molar-refractivity contribution in [2.75, 3.05) is 13.1 Å². The molecule has 6 heteroatoms. The summed E-state index contributed by atoms with van der Waals surface area (Å²) in [4.78, 5) is 1.59. The van der Waals surface area contributed by atoms with Gasteiger partial charge in [-0.3, -0.25) is 0 Å². The van der Waals surface area contributed by atoms with E-state index in [2.05, 4.69) is 6.92 Å². The lowest BCUT2D eigenvalue weighted by molar-refractivity contribution is -0.0736. The standard InChI is InChI=1S/C29H46F4N2/c1-7-10-11-13-22(4)19-23(5)29(32,33)21-35(18-9-3)27(16-17-34)26-20-25(28(6,30)31)15-14-24(26)12-8-2/h14-17,20,22-23,34H,7-13,18-19,21H2,1-6H3/b27-16-,34-17?. The smallest absolute Gasteiger partial charge is 0.270 e. The zero-order chi connectivity index (χ0) is 26.6. The number of alkyl halides is 4. The van der Waals surface area contributed by atoms with Crippen LogP contribution < -0.4 is 0 Å². The fourth-order valence-electron chi connectivity index (χ4n) is 4.62. The Kier molecular flexibility index (Phi) is 13.0. The van der Waals surface area contributed by atoms with Crippen LogP contribution in [0.15, 0.2) is 24.3 Å². The Hall–Kier alpha value is -1.85. The minimum atomic E-state index is -3.04. The van der Waals surface area contributed by atoms with Crippen molar-refractivity contribution in [1.29, 1.82) is 5.41 Å². The average Bonchev–Trinajstić information content (AvgIpc) is 2.77. The van der Waals surface area contributed by atoms with Crippen LogP contribution in [0.2, 0.25) is 0 Å². The molecule has 0 fully saturated rings. The molecule has 0 radical (unpaired) electrons. The lowest BCUT2D eigenvalue weighted by Crippen LogP contribution is -2.41. The lowest BCUT2D eigenvalue weighted by Gasteiger charge is -2.35. The maximum Gasteiger partial charge on any atom is 0.270 e. The number of benzene rings is 1. The fourth-order valence-corrected chi connectivity index (χ4v) is 4.62. The molecule has 0 aliphatic heterocycles. The summed E-state index contributed by atoms with van der Waals surface area (Å²) in [6.45, 7) is 10.4. The molecule has 0 aliphatic carbocycles. The topological polar surface area (TPSA) is 27.1 Å². The third-order valence-corrected chi connectivity index (χ3v) is 6.67. The molecule has 2 nitrogen and oxygen atoms in total. The Morgan fingerprint density at radius 2 is 1.71 bits per heavy atom. The Morgan fingerprint density at radius 1 is 1.03 bits per heavy atom. The molecule has 0 amide bonds. The predicted octanol–water partition coefficient (Wildman–Crippen LogP) is 9.33. The predicted molar refractivity (Wildman–Crippen MR) is 141 cm³/mol. The van der Waals surface area contributed by atoms with Crippen molar-refractivity contribution in [2.45, 2.75) is 105 Å². The number of aryl methyl sites for hydroxylation is 1. The van der Waals surface area contributed by atoms with Crippen LogP contribution in [0.4, 0.5) is 17.6 Å². The summed E-state index contributed by atoms with van der Waals surface area (Å²) in [5.74, 6) is -6.58. The van der Waals surface area contributed by atoms with E-state index in [0.29, 0.717) is 37.1 Å². The first-order valence-electron chi connectivity index (χ1n) is 13.3. The molecule has 1 aromatic rings. The molecule has 2 unspecified atom stereocenters. The van der Waals surface area contributed by atoms with Gasteiger partial charge in [-0.1, -0.05) is 78.9 Å². The van der Waals surface area contributed by atoms with Gasteiger partial charge in [-0.2, -0.15) is 0 Å². The molecule has 2 atom stereocenters. The van der Waals surface area contributed by atoms with Gasteiger partial charge in [0.25, 0.3) is 11.8 Å². The molecule has 1 N–H and O–H groups in total. The quantitative estimate of drug-likeness (QED) is 0.129. The van der Waals surface area contributed by atoms with E-state index in [1.54, 1.807) is 17.9 Å². The van der Waals surface area contributed by atoms with Gasteiger partial charge >= 0.3 is 0 Å². The highest BCUT2D eigenvalue weighted by atomic mass is 19.3. The van der Waals surface area contributed by atoms with Gasteiger partial charge in [0.1, 0.15) is 0 Å². The first-order valence-corrected chi connectivity index (χ1v) is 13.3. The average molecular weight is 499 g/mol. The molecule has 0 saturated heterocycles. The van der Waals surface area contributed by atoms with Crippen LogP contribution in [-0.4, -0.2) is 30.1 Å². The molecular weight excluding hydrogens is 452 g/mol. The van der Waals surface area contributed by atoms with E-state index in [1.807, 2.05) is 20.8 Å². The highest BCUT2D eigenvalue weighted by Crippen LogP contribution is 2.36. The van der Waals surface area contributed by atoms with E-state index >= 15 is 8.78 Å². The largest absolute Gasteiger partial charge is 0.365 e. The van der Waals surface area contributed by atoms with Gasteiger partial charge in [-0.05, 0) is 42.9 Å². The number of nitrogens with one attached hydrogen (secondary N) is 1. The molecule has 0 aliphatic rings. The molecular formula is C29H46F4N2. The minimum absolute atomic E-state index is 0.152. The SMILES string of the molecule is CCCCCC(C)CC(C)C(F)(F)CN(CCC)/C(=C\C=N)c1cc(C(C)(F)F)ccc1CCC. The van der Waals surface area contributed by atoms with Crippen molar-refractivity contribution < 1.29 is 17.6 Å². The molecule has 1 rings (SSSR count). The number of rotatable bonds is 17. The van der Waals surface area contributed by atoms with E-state index < -0.39 is 24.3 Å². The van der Waals surface area contributed by atoms with Crippen LogP contribution in [0.3, 0.4) is 0 Å². The molecule has 200 valence electrons. The van der Waals surface area contributed by atoms with Crippen LogP contribution in [-0.2, 0) is 12.3 Å². The lowest BCUT2D eigenvalue weighted by atomic mass is 9.88. The molecule has 0 bridgehead atoms. The van der Waals surface area contributed by atoms with Crippen LogP contribution in [0.5, 0.6) is 0 Å². The number of hydrogen-bond acceptors (Lipinski definition) is 2. The van der Waals surface area contributed by atoms with Gasteiger partial charge < -0.3 is 10.3 Å². The highest BCUT2D eigenvalue weighted by molar-refractivity contribution is 5.83. The number of halogens is 4. The summed E-state index contributed by atoms with van der Waals surface area (Å²) in [6.07, 6.45) is 9.26. The van der Waals surface area contributed by atoms with Gasteiger partial charge in [0.2, 0.25) is 0 Å². The Labute approximate surface area is 210 Å². The summed E-state index contributed by atoms with van der Waals surface area (Å²) in [5.41, 5.74) is 1.61. The van der Waals surface area contributed by atoms with E-state index in [4.69, 9.17) is 5.41 Å². The van der Waals surface area contributed by atoms with Gasteiger partial charge in [0.05, 0.1) is 6.54 Å². The Bertz CT molecular complexity index is 798. The van der Waals surface area contributed by atoms with E-state index in [9.17, 15) is 8.78 Å². The third kappa shape index (κ3) is 9.97. The minimum Gasteiger partial charge on any atom is -0.365 e. The van der Waals surface area contributed by atoms with E-state index in [-0.39, 0.29) is 11.5 Å². The van der Waals surface area contributed by atoms with Crippen molar-refractivity contribution >= 4 is 11.9 Å². The Balaban J connectivity index is 3.32. The second kappa shape index (κ2) is 14.6. The molecule has 35 heavy (non-hydrogen) atoms. The van der Waals surface area contributed by atoms with Crippen LogP contribution >= 0.6 is 0 Å². The fraction of sp³-hybridized carbons (Fsp3) is 0.690. The third-order valence-electron chi connectivity index (χ3n) is 6.67. The summed E-state index contributed by atoms with van der Waals surface area (Å²) < 4.78 is 59.4. The molecule has 0 spiro atoms. The zero-order valence-electron chi connectivity index (χ0n) is 22.6. The summed E-state index contributed by atoms with van der Waals surface area (Å²) in [5, 5.41) is 7.68. The van der Waals surface area contributed by atoms with E-state index in [0.717, 1.165) is 50.8 Å². The molecule has 0 heterocycles. The van der Waals surface area contributed by atoms with Crippen LogP contribution in [0.1, 0.15) is 103 Å². The number of hydrogen-bond donors (Lipinski definition) is 1. The van der Waals surface area contributed by atoms with Gasteiger partial charge in [0, 0.05) is 42.4 Å². The van der Waals surface area contributed by atoms with Crippen molar-refractivity contribution in [2.24, 2.45) is 11.8 Å². The number of allylic oxidation sites excluding steroid dienone is 1. The molecule has 1 aromatic carbocycles. The number of nitrogens with zero attached hydrogens (tertiary/aromatic N) is 1. The first-order chi connectivity index (χ1) is 16.4. The van der Waals surface area contributed by atoms with Gasteiger partial charge in [-0.25, -0.2) is 17.6 Å². The maximum atomic E-state index is 15.5. The maximum absolute atomic E-state index is 15.5. The summed E-state index contributed by atoms with van der Waals surface area (Å²) in [6, 6.07) is 4.50. The monoisotopic (exact) mass is 498 g/mol. The first kappa shape index (κ1) is 31.2. The summed E-state index contributed by atoms with van der Waals surface area (Å²) >= 11 is 0. The molecule has 0 aromatic heterocycles.